The fourth-order valence-electron chi connectivity index (χ4n) is 3.35. The number of carbonyl (C=O) groups excluding carboxylic acids is 1. The summed E-state index contributed by atoms with van der Waals surface area (Å²) in [6.45, 7) is 5.93. The number of aryl methyl sites for hydroxylation is 2. The van der Waals surface area contributed by atoms with Gasteiger partial charge in [-0.25, -0.2) is 0 Å². The average molecular weight is 388 g/mol. The predicted molar refractivity (Wildman–Crippen MR) is 107 cm³/mol. The molecule has 2 aromatic rings. The van der Waals surface area contributed by atoms with Gasteiger partial charge in [0.2, 0.25) is 0 Å². The Labute approximate surface area is 166 Å². The highest BCUT2D eigenvalue weighted by Crippen LogP contribution is 2.19. The highest BCUT2D eigenvalue weighted by molar-refractivity contribution is 6.30. The predicted octanol–water partition coefficient (Wildman–Crippen LogP) is 4.54. The highest BCUT2D eigenvalue weighted by Gasteiger charge is 2.23. The molecule has 3 rings (SSSR count). The monoisotopic (exact) mass is 387 g/mol. The third kappa shape index (κ3) is 5.98. The smallest absolute Gasteiger partial charge is 0.260 e. The maximum Gasteiger partial charge on any atom is 0.260 e. The van der Waals surface area contributed by atoms with Crippen LogP contribution in [0.1, 0.15) is 29.5 Å². The van der Waals surface area contributed by atoms with Crippen molar-refractivity contribution in [1.82, 2.24) is 4.90 Å². The standard InChI is InChI=1S/C22H26ClNO3/c1-16-10-17(2)12-21(11-16)27-15-22(25)24(14-20-4-3-9-26-20)13-18-5-7-19(23)8-6-18/h5-8,10-12,20H,3-4,9,13-15H2,1-2H3/t20-/m0/s1. The summed E-state index contributed by atoms with van der Waals surface area (Å²) in [7, 11) is 0. The molecule has 0 spiro atoms. The number of amides is 1. The summed E-state index contributed by atoms with van der Waals surface area (Å²) in [6, 6.07) is 13.6. The van der Waals surface area contributed by atoms with Gasteiger partial charge in [0.05, 0.1) is 6.10 Å². The van der Waals surface area contributed by atoms with E-state index in [1.807, 2.05) is 55.1 Å². The largest absolute Gasteiger partial charge is 0.484 e. The minimum Gasteiger partial charge on any atom is -0.484 e. The minimum atomic E-state index is -0.0420. The van der Waals surface area contributed by atoms with Crippen molar-refractivity contribution in [2.24, 2.45) is 0 Å². The van der Waals surface area contributed by atoms with E-state index in [9.17, 15) is 4.79 Å². The SMILES string of the molecule is Cc1cc(C)cc(OCC(=O)N(Cc2ccc(Cl)cc2)C[C@@H]2CCCO2)c1. The summed E-state index contributed by atoms with van der Waals surface area (Å²) in [5, 5.41) is 0.689. The molecule has 1 aliphatic heterocycles. The van der Waals surface area contributed by atoms with Gasteiger partial charge in [-0.05, 0) is 67.6 Å². The molecule has 1 saturated heterocycles. The van der Waals surface area contributed by atoms with E-state index in [2.05, 4.69) is 6.07 Å². The first-order chi connectivity index (χ1) is 13.0. The summed E-state index contributed by atoms with van der Waals surface area (Å²) >= 11 is 5.97. The molecule has 144 valence electrons. The summed E-state index contributed by atoms with van der Waals surface area (Å²) < 4.78 is 11.5. The Kier molecular flexibility index (Phi) is 6.75. The van der Waals surface area contributed by atoms with Gasteiger partial charge in [-0.15, -0.1) is 0 Å². The Bertz CT molecular complexity index is 749. The number of benzene rings is 2. The number of ether oxygens (including phenoxy) is 2. The second-order valence-electron chi connectivity index (χ2n) is 7.15. The molecule has 0 radical (unpaired) electrons. The van der Waals surface area contributed by atoms with Crippen molar-refractivity contribution in [2.75, 3.05) is 19.8 Å². The number of nitrogens with zero attached hydrogens (tertiary/aromatic N) is 1. The fraction of sp³-hybridized carbons (Fsp3) is 0.409. The first-order valence-electron chi connectivity index (χ1n) is 9.34. The van der Waals surface area contributed by atoms with Gasteiger partial charge in [0.1, 0.15) is 5.75 Å². The maximum atomic E-state index is 12.9. The lowest BCUT2D eigenvalue weighted by Gasteiger charge is -2.26. The molecule has 0 aromatic heterocycles. The third-order valence-corrected chi connectivity index (χ3v) is 4.90. The lowest BCUT2D eigenvalue weighted by molar-refractivity contribution is -0.135. The Morgan fingerprint density at radius 3 is 2.52 bits per heavy atom. The van der Waals surface area contributed by atoms with Gasteiger partial charge < -0.3 is 14.4 Å². The molecule has 27 heavy (non-hydrogen) atoms. The molecule has 1 heterocycles. The number of rotatable bonds is 7. The Morgan fingerprint density at radius 1 is 1.19 bits per heavy atom. The van der Waals surface area contributed by atoms with Crippen molar-refractivity contribution in [1.29, 1.82) is 0 Å². The third-order valence-electron chi connectivity index (χ3n) is 4.64. The molecule has 1 amide bonds. The molecule has 0 N–H and O–H groups in total. The van der Waals surface area contributed by atoms with Crippen LogP contribution in [-0.2, 0) is 16.1 Å². The van der Waals surface area contributed by atoms with Crippen molar-refractivity contribution < 1.29 is 14.3 Å². The van der Waals surface area contributed by atoms with E-state index in [0.29, 0.717) is 18.1 Å². The Morgan fingerprint density at radius 2 is 1.89 bits per heavy atom. The molecular weight excluding hydrogens is 362 g/mol. The van der Waals surface area contributed by atoms with Crippen LogP contribution in [0.25, 0.3) is 0 Å². The van der Waals surface area contributed by atoms with Crippen LogP contribution < -0.4 is 4.74 Å². The van der Waals surface area contributed by atoms with Crippen LogP contribution in [0.5, 0.6) is 5.75 Å². The summed E-state index contributed by atoms with van der Waals surface area (Å²) in [6.07, 6.45) is 2.14. The molecule has 4 nitrogen and oxygen atoms in total. The summed E-state index contributed by atoms with van der Waals surface area (Å²) in [5.74, 6) is 0.684. The van der Waals surface area contributed by atoms with Crippen molar-refractivity contribution in [3.05, 3.63) is 64.2 Å². The lowest BCUT2D eigenvalue weighted by Crippen LogP contribution is -2.39. The molecule has 5 heteroatoms. The molecule has 1 atom stereocenters. The van der Waals surface area contributed by atoms with Crippen molar-refractivity contribution >= 4 is 17.5 Å². The Hall–Kier alpha value is -2.04. The van der Waals surface area contributed by atoms with E-state index in [-0.39, 0.29) is 18.6 Å². The number of halogens is 1. The van der Waals surface area contributed by atoms with E-state index in [1.54, 1.807) is 0 Å². The first-order valence-corrected chi connectivity index (χ1v) is 9.72. The summed E-state index contributed by atoms with van der Waals surface area (Å²) in [4.78, 5) is 14.7. The molecule has 0 bridgehead atoms. The van der Waals surface area contributed by atoms with E-state index in [4.69, 9.17) is 21.1 Å². The van der Waals surface area contributed by atoms with Crippen LogP contribution in [0.2, 0.25) is 5.02 Å². The quantitative estimate of drug-likeness (QED) is 0.699. The van der Waals surface area contributed by atoms with Gasteiger partial charge in [-0.3, -0.25) is 4.79 Å². The van der Waals surface area contributed by atoms with Crippen LogP contribution in [0, 0.1) is 13.8 Å². The molecular formula is C22H26ClNO3. The zero-order chi connectivity index (χ0) is 19.2. The summed E-state index contributed by atoms with van der Waals surface area (Å²) in [5.41, 5.74) is 3.28. The van der Waals surface area contributed by atoms with E-state index in [1.165, 1.54) is 0 Å². The zero-order valence-corrected chi connectivity index (χ0v) is 16.7. The van der Waals surface area contributed by atoms with Crippen molar-refractivity contribution in [2.45, 2.75) is 39.3 Å². The Balaban J connectivity index is 1.66. The molecule has 0 saturated carbocycles. The zero-order valence-electron chi connectivity index (χ0n) is 15.9. The minimum absolute atomic E-state index is 0.0171. The van der Waals surface area contributed by atoms with Gasteiger partial charge in [-0.2, -0.15) is 0 Å². The molecule has 1 fully saturated rings. The molecule has 0 unspecified atom stereocenters. The van der Waals surface area contributed by atoms with Crippen LogP contribution in [0.4, 0.5) is 0 Å². The fourth-order valence-corrected chi connectivity index (χ4v) is 3.48. The van der Waals surface area contributed by atoms with E-state index in [0.717, 1.165) is 41.9 Å². The number of hydrogen-bond acceptors (Lipinski definition) is 3. The molecule has 2 aromatic carbocycles. The van der Waals surface area contributed by atoms with Crippen molar-refractivity contribution in [3.8, 4) is 5.75 Å². The van der Waals surface area contributed by atoms with Gasteiger partial charge in [-0.1, -0.05) is 29.8 Å². The van der Waals surface area contributed by atoms with Gasteiger partial charge >= 0.3 is 0 Å². The van der Waals surface area contributed by atoms with Gasteiger partial charge in [0, 0.05) is 24.7 Å². The van der Waals surface area contributed by atoms with Crippen LogP contribution >= 0.6 is 11.6 Å². The van der Waals surface area contributed by atoms with E-state index >= 15 is 0 Å². The first kappa shape index (κ1) is 19.7. The van der Waals surface area contributed by atoms with Gasteiger partial charge in [0.15, 0.2) is 6.61 Å². The number of carbonyl (C=O) groups is 1. The highest BCUT2D eigenvalue weighted by atomic mass is 35.5. The van der Waals surface area contributed by atoms with E-state index < -0.39 is 0 Å². The normalized spacial score (nSPS) is 16.3. The van der Waals surface area contributed by atoms with Crippen molar-refractivity contribution in [3.63, 3.8) is 0 Å². The molecule has 0 aliphatic carbocycles. The lowest BCUT2D eigenvalue weighted by atomic mass is 10.1. The maximum absolute atomic E-state index is 12.9. The van der Waals surface area contributed by atoms with Gasteiger partial charge in [0.25, 0.3) is 5.91 Å². The topological polar surface area (TPSA) is 38.8 Å². The molecule has 1 aliphatic rings. The van der Waals surface area contributed by atoms with Crippen LogP contribution in [0.15, 0.2) is 42.5 Å². The average Bonchev–Trinajstić information content (AvgIpc) is 3.13. The van der Waals surface area contributed by atoms with Crippen LogP contribution in [-0.4, -0.2) is 36.7 Å². The second kappa shape index (κ2) is 9.25. The second-order valence-corrected chi connectivity index (χ2v) is 7.58. The number of hydrogen-bond donors (Lipinski definition) is 0. The van der Waals surface area contributed by atoms with Crippen LogP contribution in [0.3, 0.4) is 0 Å².